The molecule has 1 aliphatic carbocycles. The van der Waals surface area contributed by atoms with Crippen LogP contribution in [-0.2, 0) is 9.53 Å². The molecule has 3 heteroatoms. The van der Waals surface area contributed by atoms with Crippen LogP contribution in [0.1, 0.15) is 51.9 Å². The van der Waals surface area contributed by atoms with E-state index in [1.165, 1.54) is 18.9 Å². The minimum atomic E-state index is -0.575. The highest BCUT2D eigenvalue weighted by atomic mass is 16.5. The van der Waals surface area contributed by atoms with E-state index in [2.05, 4.69) is 17.9 Å². The van der Waals surface area contributed by atoms with Crippen molar-refractivity contribution in [2.75, 3.05) is 6.61 Å². The highest BCUT2D eigenvalue weighted by Crippen LogP contribution is 2.16. The molecule has 0 fully saturated rings. The van der Waals surface area contributed by atoms with Gasteiger partial charge in [0, 0.05) is 6.08 Å². The van der Waals surface area contributed by atoms with Gasteiger partial charge in [-0.3, -0.25) is 0 Å². The van der Waals surface area contributed by atoms with Gasteiger partial charge in [-0.25, -0.2) is 4.79 Å². The monoisotopic (exact) mass is 276 g/mol. The zero-order chi connectivity index (χ0) is 14.6. The van der Waals surface area contributed by atoms with Crippen LogP contribution in [0.4, 0.5) is 0 Å². The molecule has 1 atom stereocenters. The second-order valence-electron chi connectivity index (χ2n) is 4.85. The van der Waals surface area contributed by atoms with Crippen molar-refractivity contribution < 1.29 is 14.6 Å². The molecular weight excluding hydrogens is 252 g/mol. The van der Waals surface area contributed by atoms with Crippen LogP contribution in [-0.4, -0.2) is 23.8 Å². The van der Waals surface area contributed by atoms with Gasteiger partial charge in [0.2, 0.25) is 0 Å². The Balaban J connectivity index is 2.17. The Labute approximate surface area is 121 Å². The van der Waals surface area contributed by atoms with Crippen molar-refractivity contribution in [2.45, 2.75) is 58.0 Å². The molecule has 1 N–H and O–H groups in total. The first-order valence-corrected chi connectivity index (χ1v) is 7.44. The Morgan fingerprint density at radius 1 is 1.55 bits per heavy atom. The van der Waals surface area contributed by atoms with E-state index in [9.17, 15) is 9.90 Å². The van der Waals surface area contributed by atoms with Gasteiger partial charge in [0.05, 0.1) is 6.61 Å². The third-order valence-corrected chi connectivity index (χ3v) is 3.08. The zero-order valence-electron chi connectivity index (χ0n) is 12.2. The fraction of sp³-hybridized carbons (Fsp3) is 0.588. The molecule has 1 rings (SSSR count). The maximum absolute atomic E-state index is 11.0. The van der Waals surface area contributed by atoms with Gasteiger partial charge in [0.25, 0.3) is 0 Å². The third-order valence-electron chi connectivity index (χ3n) is 3.08. The predicted molar refractivity (Wildman–Crippen MR) is 80.0 cm³/mol. The van der Waals surface area contributed by atoms with Gasteiger partial charge in [-0.2, -0.15) is 0 Å². The quantitative estimate of drug-likeness (QED) is 0.351. The number of hydrogen-bond donors (Lipinski definition) is 1. The summed E-state index contributed by atoms with van der Waals surface area (Å²) in [5.74, 6) is 5.65. The SMILES string of the molecule is CCOC(=O)/C=C/CCCC(O)C#CC1=CCCCC1. The van der Waals surface area contributed by atoms with Crippen LogP contribution in [0, 0.1) is 11.8 Å². The summed E-state index contributed by atoms with van der Waals surface area (Å²) in [6.45, 7) is 2.18. The molecule has 0 heterocycles. The number of hydrogen-bond acceptors (Lipinski definition) is 3. The smallest absolute Gasteiger partial charge is 0.330 e. The van der Waals surface area contributed by atoms with Gasteiger partial charge >= 0.3 is 5.97 Å². The number of aliphatic hydroxyl groups excluding tert-OH is 1. The van der Waals surface area contributed by atoms with E-state index >= 15 is 0 Å². The lowest BCUT2D eigenvalue weighted by molar-refractivity contribution is -0.137. The molecule has 1 aliphatic rings. The van der Waals surface area contributed by atoms with E-state index in [4.69, 9.17) is 4.74 Å². The number of carbonyl (C=O) groups is 1. The Bertz CT molecular complexity index is 410. The second-order valence-corrected chi connectivity index (χ2v) is 4.85. The third kappa shape index (κ3) is 7.81. The van der Waals surface area contributed by atoms with Crippen LogP contribution in [0.15, 0.2) is 23.8 Å². The molecule has 3 nitrogen and oxygen atoms in total. The van der Waals surface area contributed by atoms with E-state index in [1.54, 1.807) is 13.0 Å². The lowest BCUT2D eigenvalue weighted by atomic mass is 10.00. The standard InChI is InChI=1S/C17H24O3/c1-2-20-17(19)12-8-4-7-11-16(18)14-13-15-9-5-3-6-10-15/h8-9,12,16,18H,2-7,10-11H2,1H3/b12-8+. The lowest BCUT2D eigenvalue weighted by Gasteiger charge is -2.06. The summed E-state index contributed by atoms with van der Waals surface area (Å²) in [6.07, 6.45) is 11.6. The topological polar surface area (TPSA) is 46.5 Å². The second kappa shape index (κ2) is 10.3. The van der Waals surface area contributed by atoms with Crippen LogP contribution < -0.4 is 0 Å². The normalized spacial score (nSPS) is 16.2. The zero-order valence-corrected chi connectivity index (χ0v) is 12.2. The summed E-state index contributed by atoms with van der Waals surface area (Å²) in [6, 6.07) is 0. The van der Waals surface area contributed by atoms with Crippen LogP contribution >= 0.6 is 0 Å². The first-order valence-electron chi connectivity index (χ1n) is 7.44. The van der Waals surface area contributed by atoms with Gasteiger partial charge < -0.3 is 9.84 Å². The fourth-order valence-corrected chi connectivity index (χ4v) is 2.00. The summed E-state index contributed by atoms with van der Waals surface area (Å²) in [7, 11) is 0. The number of unbranched alkanes of at least 4 members (excludes halogenated alkanes) is 1. The van der Waals surface area contributed by atoms with Gasteiger partial charge in [-0.1, -0.05) is 24.0 Å². The average Bonchev–Trinajstić information content (AvgIpc) is 2.46. The van der Waals surface area contributed by atoms with Crippen molar-refractivity contribution in [3.63, 3.8) is 0 Å². The maximum Gasteiger partial charge on any atom is 0.330 e. The van der Waals surface area contributed by atoms with Crippen LogP contribution in [0.25, 0.3) is 0 Å². The van der Waals surface area contributed by atoms with Crippen LogP contribution in [0.5, 0.6) is 0 Å². The molecule has 0 aromatic carbocycles. The molecular formula is C17H24O3. The van der Waals surface area contributed by atoms with E-state index in [0.717, 1.165) is 31.3 Å². The molecule has 0 saturated heterocycles. The van der Waals surface area contributed by atoms with E-state index < -0.39 is 6.10 Å². The van der Waals surface area contributed by atoms with Gasteiger partial charge in [0.1, 0.15) is 6.10 Å². The van der Waals surface area contributed by atoms with Crippen molar-refractivity contribution >= 4 is 5.97 Å². The molecule has 0 saturated carbocycles. The van der Waals surface area contributed by atoms with E-state index in [0.29, 0.717) is 13.0 Å². The Morgan fingerprint density at radius 2 is 2.40 bits per heavy atom. The van der Waals surface area contributed by atoms with Crippen LogP contribution in [0.3, 0.4) is 0 Å². The van der Waals surface area contributed by atoms with Gasteiger partial charge in [-0.15, -0.1) is 0 Å². The maximum atomic E-state index is 11.0. The first kappa shape index (κ1) is 16.5. The molecule has 0 radical (unpaired) electrons. The Kier molecular flexibility index (Phi) is 8.49. The summed E-state index contributed by atoms with van der Waals surface area (Å²) in [4.78, 5) is 11.0. The van der Waals surface area contributed by atoms with Gasteiger partial charge in [-0.05, 0) is 57.4 Å². The largest absolute Gasteiger partial charge is 0.463 e. The van der Waals surface area contributed by atoms with Crippen LogP contribution in [0.2, 0.25) is 0 Å². The summed E-state index contributed by atoms with van der Waals surface area (Å²) >= 11 is 0. The highest BCUT2D eigenvalue weighted by molar-refractivity contribution is 5.81. The Hall–Kier alpha value is -1.53. The minimum absolute atomic E-state index is 0.308. The van der Waals surface area contributed by atoms with Crippen molar-refractivity contribution in [1.29, 1.82) is 0 Å². The minimum Gasteiger partial charge on any atom is -0.463 e. The molecule has 0 aromatic heterocycles. The van der Waals surface area contributed by atoms with E-state index in [1.807, 2.05) is 0 Å². The van der Waals surface area contributed by atoms with Crippen molar-refractivity contribution in [2.24, 2.45) is 0 Å². The van der Waals surface area contributed by atoms with Gasteiger partial charge in [0.15, 0.2) is 0 Å². The van der Waals surface area contributed by atoms with Crippen molar-refractivity contribution in [3.8, 4) is 11.8 Å². The first-order chi connectivity index (χ1) is 9.72. The Morgan fingerprint density at radius 3 is 3.10 bits per heavy atom. The molecule has 0 amide bonds. The fourth-order valence-electron chi connectivity index (χ4n) is 2.00. The molecule has 0 aliphatic heterocycles. The molecule has 0 aromatic rings. The number of ether oxygens (including phenoxy) is 1. The predicted octanol–water partition coefficient (Wildman–Crippen LogP) is 3.14. The molecule has 1 unspecified atom stereocenters. The lowest BCUT2D eigenvalue weighted by Crippen LogP contribution is -2.02. The van der Waals surface area contributed by atoms with E-state index in [-0.39, 0.29) is 5.97 Å². The number of esters is 1. The number of rotatable bonds is 6. The summed E-state index contributed by atoms with van der Waals surface area (Å²) in [5.41, 5.74) is 1.16. The molecule has 20 heavy (non-hydrogen) atoms. The highest BCUT2D eigenvalue weighted by Gasteiger charge is 2.02. The number of aliphatic hydroxyl groups is 1. The number of allylic oxidation sites excluding steroid dienone is 3. The summed E-state index contributed by atoms with van der Waals surface area (Å²) < 4.78 is 4.77. The molecule has 110 valence electrons. The summed E-state index contributed by atoms with van der Waals surface area (Å²) in [5, 5.41) is 9.76. The average molecular weight is 276 g/mol. The molecule has 0 spiro atoms. The number of carbonyl (C=O) groups excluding carboxylic acids is 1. The molecule has 0 bridgehead atoms. The van der Waals surface area contributed by atoms with Crippen molar-refractivity contribution in [1.82, 2.24) is 0 Å². The van der Waals surface area contributed by atoms with Crippen molar-refractivity contribution in [3.05, 3.63) is 23.8 Å².